The molecule has 1 aromatic rings. The summed E-state index contributed by atoms with van der Waals surface area (Å²) in [7, 11) is 0. The predicted octanol–water partition coefficient (Wildman–Crippen LogP) is 2.74. The predicted molar refractivity (Wildman–Crippen MR) is 84.8 cm³/mol. The van der Waals surface area contributed by atoms with E-state index >= 15 is 0 Å². The fourth-order valence-corrected chi connectivity index (χ4v) is 2.88. The van der Waals surface area contributed by atoms with Gasteiger partial charge >= 0.3 is 0 Å². The van der Waals surface area contributed by atoms with Gasteiger partial charge in [-0.1, -0.05) is 32.9 Å². The smallest absolute Gasteiger partial charge is 0.137 e. The molecule has 0 bridgehead atoms. The summed E-state index contributed by atoms with van der Waals surface area (Å²) in [6.07, 6.45) is 4.18. The number of ether oxygens (including phenoxy) is 1. The van der Waals surface area contributed by atoms with E-state index < -0.39 is 0 Å². The van der Waals surface area contributed by atoms with Crippen LogP contribution in [0.3, 0.4) is 0 Å². The van der Waals surface area contributed by atoms with Crippen LogP contribution in [0.15, 0.2) is 18.2 Å². The Balaban J connectivity index is 1.86. The van der Waals surface area contributed by atoms with Gasteiger partial charge in [0.05, 0.1) is 13.1 Å². The molecule has 0 aliphatic carbocycles. The minimum atomic E-state index is 0.210. The molecule has 1 N–H and O–H groups in total. The topological polar surface area (TPSA) is 13.7 Å². The van der Waals surface area contributed by atoms with Crippen molar-refractivity contribution in [3.63, 3.8) is 0 Å². The van der Waals surface area contributed by atoms with Gasteiger partial charge in [0.25, 0.3) is 0 Å². The lowest BCUT2D eigenvalue weighted by molar-refractivity contribution is -0.904. The van der Waals surface area contributed by atoms with E-state index in [-0.39, 0.29) is 5.41 Å². The van der Waals surface area contributed by atoms with Crippen LogP contribution in [0.5, 0.6) is 5.75 Å². The molecule has 0 amide bonds. The third kappa shape index (κ3) is 4.24. The van der Waals surface area contributed by atoms with Crippen molar-refractivity contribution in [1.29, 1.82) is 0 Å². The first-order chi connectivity index (χ1) is 9.47. The number of aryl methyl sites for hydroxylation is 1. The average molecular weight is 276 g/mol. The standard InChI is InChI=1S/C18H29NO/c1-15-14-16(18(2,3)4)8-9-17(15)20-13-12-19-10-6-5-7-11-19/h8-9,14H,5-7,10-13H2,1-4H3/p+1. The van der Waals surface area contributed by atoms with Crippen molar-refractivity contribution in [2.45, 2.75) is 52.4 Å². The van der Waals surface area contributed by atoms with E-state index in [1.807, 2.05) is 0 Å². The van der Waals surface area contributed by atoms with Crippen LogP contribution in [-0.2, 0) is 5.41 Å². The van der Waals surface area contributed by atoms with Gasteiger partial charge in [0.15, 0.2) is 0 Å². The third-order valence-electron chi connectivity index (χ3n) is 4.31. The molecule has 0 atom stereocenters. The van der Waals surface area contributed by atoms with E-state index in [4.69, 9.17) is 4.74 Å². The summed E-state index contributed by atoms with van der Waals surface area (Å²) in [5, 5.41) is 0. The molecular weight excluding hydrogens is 246 g/mol. The van der Waals surface area contributed by atoms with Crippen molar-refractivity contribution in [3.05, 3.63) is 29.3 Å². The van der Waals surface area contributed by atoms with E-state index in [1.165, 1.54) is 43.5 Å². The molecular formula is C18H30NO+. The maximum absolute atomic E-state index is 5.99. The first-order valence-corrected chi connectivity index (χ1v) is 8.04. The zero-order valence-corrected chi connectivity index (χ0v) is 13.6. The number of quaternary nitrogens is 1. The van der Waals surface area contributed by atoms with Crippen molar-refractivity contribution < 1.29 is 9.64 Å². The number of hydrogen-bond donors (Lipinski definition) is 1. The van der Waals surface area contributed by atoms with Gasteiger partial charge in [-0.15, -0.1) is 0 Å². The Morgan fingerprint density at radius 1 is 1.10 bits per heavy atom. The van der Waals surface area contributed by atoms with Gasteiger partial charge in [-0.25, -0.2) is 0 Å². The minimum absolute atomic E-state index is 0.210. The Morgan fingerprint density at radius 3 is 2.40 bits per heavy atom. The van der Waals surface area contributed by atoms with E-state index in [0.717, 1.165) is 18.9 Å². The van der Waals surface area contributed by atoms with Gasteiger partial charge in [-0.05, 0) is 48.8 Å². The highest BCUT2D eigenvalue weighted by Crippen LogP contribution is 2.27. The molecule has 2 heteroatoms. The molecule has 1 aliphatic heterocycles. The summed E-state index contributed by atoms with van der Waals surface area (Å²) >= 11 is 0. The molecule has 0 radical (unpaired) electrons. The zero-order chi connectivity index (χ0) is 14.6. The lowest BCUT2D eigenvalue weighted by Crippen LogP contribution is -3.13. The molecule has 1 aromatic carbocycles. The van der Waals surface area contributed by atoms with Gasteiger partial charge in [-0.2, -0.15) is 0 Å². The van der Waals surface area contributed by atoms with Crippen molar-refractivity contribution in [2.75, 3.05) is 26.2 Å². The maximum Gasteiger partial charge on any atom is 0.137 e. The molecule has 1 saturated heterocycles. The Bertz CT molecular complexity index is 428. The second-order valence-electron chi connectivity index (χ2n) is 7.14. The van der Waals surface area contributed by atoms with Gasteiger partial charge in [0.2, 0.25) is 0 Å². The number of nitrogens with one attached hydrogen (secondary N) is 1. The highest BCUT2D eigenvalue weighted by atomic mass is 16.5. The molecule has 0 aromatic heterocycles. The van der Waals surface area contributed by atoms with E-state index in [9.17, 15) is 0 Å². The normalized spacial score (nSPS) is 17.2. The number of benzene rings is 1. The first-order valence-electron chi connectivity index (χ1n) is 8.04. The van der Waals surface area contributed by atoms with Gasteiger partial charge in [0.1, 0.15) is 18.9 Å². The number of hydrogen-bond acceptors (Lipinski definition) is 1. The van der Waals surface area contributed by atoms with Gasteiger partial charge < -0.3 is 9.64 Å². The SMILES string of the molecule is Cc1cc(C(C)(C)C)ccc1OCC[NH+]1CCCCC1. The maximum atomic E-state index is 5.99. The lowest BCUT2D eigenvalue weighted by Gasteiger charge is -2.24. The Morgan fingerprint density at radius 2 is 1.80 bits per heavy atom. The van der Waals surface area contributed by atoms with Crippen LogP contribution >= 0.6 is 0 Å². The van der Waals surface area contributed by atoms with Gasteiger partial charge in [0, 0.05) is 0 Å². The van der Waals surface area contributed by atoms with Crippen LogP contribution in [0.1, 0.15) is 51.2 Å². The van der Waals surface area contributed by atoms with Gasteiger partial charge in [-0.3, -0.25) is 0 Å². The quantitative estimate of drug-likeness (QED) is 0.893. The highest BCUT2D eigenvalue weighted by Gasteiger charge is 2.16. The highest BCUT2D eigenvalue weighted by molar-refractivity contribution is 5.38. The summed E-state index contributed by atoms with van der Waals surface area (Å²) in [6.45, 7) is 13.5. The summed E-state index contributed by atoms with van der Waals surface area (Å²) in [4.78, 5) is 1.71. The van der Waals surface area contributed by atoms with Crippen LogP contribution in [-0.4, -0.2) is 26.2 Å². The zero-order valence-electron chi connectivity index (χ0n) is 13.6. The van der Waals surface area contributed by atoms with Crippen LogP contribution in [0, 0.1) is 6.92 Å². The molecule has 1 heterocycles. The molecule has 0 unspecified atom stereocenters. The van der Waals surface area contributed by atoms with Crippen LogP contribution in [0.2, 0.25) is 0 Å². The Kier molecular flexibility index (Phi) is 5.09. The van der Waals surface area contributed by atoms with E-state index in [0.29, 0.717) is 0 Å². The summed E-state index contributed by atoms with van der Waals surface area (Å²) in [6, 6.07) is 6.61. The molecule has 1 fully saturated rings. The minimum Gasteiger partial charge on any atom is -0.487 e. The van der Waals surface area contributed by atoms with Crippen molar-refractivity contribution in [1.82, 2.24) is 0 Å². The fourth-order valence-electron chi connectivity index (χ4n) is 2.88. The Labute approximate surface area is 124 Å². The molecule has 1 aliphatic rings. The molecule has 2 nitrogen and oxygen atoms in total. The lowest BCUT2D eigenvalue weighted by atomic mass is 9.86. The van der Waals surface area contributed by atoms with E-state index in [2.05, 4.69) is 45.9 Å². The van der Waals surface area contributed by atoms with Crippen molar-refractivity contribution >= 4 is 0 Å². The van der Waals surface area contributed by atoms with Crippen LogP contribution in [0.4, 0.5) is 0 Å². The van der Waals surface area contributed by atoms with Crippen molar-refractivity contribution in [2.24, 2.45) is 0 Å². The number of piperidine rings is 1. The summed E-state index contributed by atoms with van der Waals surface area (Å²) in [5.41, 5.74) is 2.84. The Hall–Kier alpha value is -1.02. The molecule has 20 heavy (non-hydrogen) atoms. The number of rotatable bonds is 4. The van der Waals surface area contributed by atoms with Crippen LogP contribution < -0.4 is 9.64 Å². The monoisotopic (exact) mass is 276 g/mol. The second kappa shape index (κ2) is 6.62. The van der Waals surface area contributed by atoms with Crippen LogP contribution in [0.25, 0.3) is 0 Å². The first kappa shape index (κ1) is 15.4. The summed E-state index contributed by atoms with van der Waals surface area (Å²) < 4.78 is 5.99. The third-order valence-corrected chi connectivity index (χ3v) is 4.31. The molecule has 0 saturated carbocycles. The summed E-state index contributed by atoms with van der Waals surface area (Å²) in [5.74, 6) is 1.05. The molecule has 0 spiro atoms. The fraction of sp³-hybridized carbons (Fsp3) is 0.667. The molecule has 112 valence electrons. The largest absolute Gasteiger partial charge is 0.487 e. The van der Waals surface area contributed by atoms with Crippen molar-refractivity contribution in [3.8, 4) is 5.75 Å². The second-order valence-corrected chi connectivity index (χ2v) is 7.14. The molecule has 2 rings (SSSR count). The number of likely N-dealkylation sites (tertiary alicyclic amines) is 1. The average Bonchev–Trinajstić information content (AvgIpc) is 2.40. The van der Waals surface area contributed by atoms with E-state index in [1.54, 1.807) is 4.90 Å².